The first-order chi connectivity index (χ1) is 13.6. The number of para-hydroxylation sites is 1. The van der Waals surface area contributed by atoms with E-state index in [1.165, 1.54) is 33.7 Å². The maximum atomic E-state index is 12.9. The van der Waals surface area contributed by atoms with Crippen LogP contribution in [0.3, 0.4) is 0 Å². The van der Waals surface area contributed by atoms with Crippen molar-refractivity contribution in [3.63, 3.8) is 0 Å². The summed E-state index contributed by atoms with van der Waals surface area (Å²) in [5, 5.41) is 6.25. The van der Waals surface area contributed by atoms with Gasteiger partial charge in [-0.15, -0.1) is 0 Å². The molecule has 0 N–H and O–H groups in total. The Balaban J connectivity index is 1.70. The number of methoxy groups -OCH3 is 1. The monoisotopic (exact) mass is 415 g/mol. The van der Waals surface area contributed by atoms with E-state index >= 15 is 0 Å². The topological polar surface area (TPSA) is 91.4 Å². The van der Waals surface area contributed by atoms with Crippen LogP contribution in [0.2, 0.25) is 0 Å². The van der Waals surface area contributed by atoms with E-state index in [4.69, 9.17) is 4.74 Å². The van der Waals surface area contributed by atoms with Gasteiger partial charge in [-0.05, 0) is 19.1 Å². The Kier molecular flexibility index (Phi) is 5.25. The quantitative estimate of drug-likeness (QED) is 0.352. The summed E-state index contributed by atoms with van der Waals surface area (Å²) in [6, 6.07) is 8.74. The van der Waals surface area contributed by atoms with Crippen LogP contribution in [-0.4, -0.2) is 37.9 Å². The van der Waals surface area contributed by atoms with Gasteiger partial charge in [-0.3, -0.25) is 14.2 Å². The van der Waals surface area contributed by atoms with E-state index in [0.717, 1.165) is 5.01 Å². The van der Waals surface area contributed by atoms with Crippen LogP contribution in [0.25, 0.3) is 15.9 Å². The molecule has 0 aliphatic heterocycles. The molecule has 0 fully saturated rings. The number of thioether (sulfide) groups is 1. The van der Waals surface area contributed by atoms with Gasteiger partial charge in [0.1, 0.15) is 5.01 Å². The van der Waals surface area contributed by atoms with Crippen LogP contribution < -0.4 is 11.1 Å². The minimum Gasteiger partial charge on any atom is -0.383 e. The summed E-state index contributed by atoms with van der Waals surface area (Å²) in [7, 11) is 1.60. The highest BCUT2D eigenvalue weighted by Crippen LogP contribution is 2.24. The SMILES string of the molecule is COCCn1c(SCc2nn3c(=O)cc(C)nc3s2)nc2ccccc2c1=O. The van der Waals surface area contributed by atoms with Gasteiger partial charge in [0.15, 0.2) is 5.16 Å². The number of nitrogens with zero attached hydrogens (tertiary/aromatic N) is 5. The molecule has 3 aromatic heterocycles. The predicted octanol–water partition coefficient (Wildman–Crippen LogP) is 2.11. The molecule has 0 spiro atoms. The fourth-order valence-corrected chi connectivity index (χ4v) is 4.74. The van der Waals surface area contributed by atoms with Crippen molar-refractivity contribution >= 4 is 39.0 Å². The maximum absolute atomic E-state index is 12.9. The second-order valence-corrected chi connectivity index (χ2v) is 8.06. The van der Waals surface area contributed by atoms with Crippen molar-refractivity contribution in [2.24, 2.45) is 0 Å². The molecule has 3 heterocycles. The Bertz CT molecular complexity index is 1280. The largest absolute Gasteiger partial charge is 0.383 e. The van der Waals surface area contributed by atoms with Crippen molar-refractivity contribution in [1.82, 2.24) is 24.1 Å². The van der Waals surface area contributed by atoms with Crippen molar-refractivity contribution in [3.05, 3.63) is 61.7 Å². The third-order valence-electron chi connectivity index (χ3n) is 4.09. The lowest BCUT2D eigenvalue weighted by Crippen LogP contribution is -2.25. The molecule has 4 rings (SSSR count). The molecule has 4 aromatic rings. The Hall–Kier alpha value is -2.56. The highest BCUT2D eigenvalue weighted by atomic mass is 32.2. The van der Waals surface area contributed by atoms with Crippen LogP contribution in [0.1, 0.15) is 10.7 Å². The van der Waals surface area contributed by atoms with E-state index in [1.807, 2.05) is 18.2 Å². The lowest BCUT2D eigenvalue weighted by molar-refractivity contribution is 0.183. The van der Waals surface area contributed by atoms with E-state index < -0.39 is 0 Å². The van der Waals surface area contributed by atoms with Crippen molar-refractivity contribution in [2.75, 3.05) is 13.7 Å². The molecule has 0 atom stereocenters. The van der Waals surface area contributed by atoms with Gasteiger partial charge in [0.25, 0.3) is 11.1 Å². The zero-order valence-corrected chi connectivity index (χ0v) is 16.9. The number of fused-ring (bicyclic) bond motifs is 2. The molecule has 0 aliphatic carbocycles. The van der Waals surface area contributed by atoms with Gasteiger partial charge < -0.3 is 4.74 Å². The number of hydrogen-bond acceptors (Lipinski definition) is 8. The number of aryl methyl sites for hydroxylation is 1. The predicted molar refractivity (Wildman–Crippen MR) is 109 cm³/mol. The normalized spacial score (nSPS) is 11.5. The first kappa shape index (κ1) is 18.8. The Morgan fingerprint density at radius 1 is 1.21 bits per heavy atom. The van der Waals surface area contributed by atoms with Crippen molar-refractivity contribution in [1.29, 1.82) is 0 Å². The van der Waals surface area contributed by atoms with Crippen LogP contribution in [-0.2, 0) is 17.0 Å². The van der Waals surface area contributed by atoms with E-state index in [1.54, 1.807) is 24.7 Å². The average Bonchev–Trinajstić information content (AvgIpc) is 3.09. The highest BCUT2D eigenvalue weighted by molar-refractivity contribution is 7.98. The number of benzene rings is 1. The Labute approximate surface area is 167 Å². The zero-order valence-electron chi connectivity index (χ0n) is 15.3. The summed E-state index contributed by atoms with van der Waals surface area (Å²) < 4.78 is 8.07. The van der Waals surface area contributed by atoms with E-state index in [0.29, 0.717) is 45.6 Å². The van der Waals surface area contributed by atoms with E-state index in [9.17, 15) is 9.59 Å². The minimum atomic E-state index is -0.198. The molecule has 0 amide bonds. The Morgan fingerprint density at radius 2 is 2.04 bits per heavy atom. The van der Waals surface area contributed by atoms with Crippen LogP contribution in [0, 0.1) is 6.92 Å². The van der Waals surface area contributed by atoms with E-state index in [2.05, 4.69) is 15.1 Å². The second-order valence-electron chi connectivity index (χ2n) is 6.08. The molecule has 144 valence electrons. The standard InChI is InChI=1S/C18H17N5O3S2/c1-11-9-15(24)23-18(19-11)28-14(21-23)10-27-17-20-13-6-4-3-5-12(13)16(25)22(17)7-8-26-2/h3-6,9H,7-8,10H2,1-2H3. The molecule has 0 unspecified atom stereocenters. The van der Waals surface area contributed by atoms with Gasteiger partial charge in [-0.1, -0.05) is 35.2 Å². The summed E-state index contributed by atoms with van der Waals surface area (Å²) in [6.07, 6.45) is 0. The van der Waals surface area contributed by atoms with Crippen LogP contribution >= 0.6 is 23.1 Å². The molecule has 0 aliphatic rings. The fourth-order valence-electron chi connectivity index (χ4n) is 2.78. The van der Waals surface area contributed by atoms with Gasteiger partial charge >= 0.3 is 0 Å². The van der Waals surface area contributed by atoms with Crippen LogP contribution in [0.4, 0.5) is 0 Å². The summed E-state index contributed by atoms with van der Waals surface area (Å²) in [5.41, 5.74) is 1.03. The third kappa shape index (κ3) is 3.58. The van der Waals surface area contributed by atoms with Crippen LogP contribution in [0.15, 0.2) is 45.1 Å². The highest BCUT2D eigenvalue weighted by Gasteiger charge is 2.14. The zero-order chi connectivity index (χ0) is 19.7. The number of hydrogen-bond donors (Lipinski definition) is 0. The van der Waals surface area contributed by atoms with Crippen LogP contribution in [0.5, 0.6) is 0 Å². The van der Waals surface area contributed by atoms with Crippen molar-refractivity contribution in [3.8, 4) is 0 Å². The average molecular weight is 416 g/mol. The maximum Gasteiger partial charge on any atom is 0.275 e. The molecule has 8 nitrogen and oxygen atoms in total. The molecule has 28 heavy (non-hydrogen) atoms. The summed E-state index contributed by atoms with van der Waals surface area (Å²) >= 11 is 2.76. The van der Waals surface area contributed by atoms with Crippen molar-refractivity contribution < 1.29 is 4.74 Å². The fraction of sp³-hybridized carbons (Fsp3) is 0.278. The molecular formula is C18H17N5O3S2. The first-order valence-electron chi connectivity index (χ1n) is 8.54. The minimum absolute atomic E-state index is 0.0945. The third-order valence-corrected chi connectivity index (χ3v) is 6.16. The molecule has 10 heteroatoms. The molecule has 0 saturated carbocycles. The van der Waals surface area contributed by atoms with Gasteiger partial charge in [0.2, 0.25) is 4.96 Å². The number of rotatable bonds is 6. The van der Waals surface area contributed by atoms with Gasteiger partial charge in [0.05, 0.1) is 29.8 Å². The Morgan fingerprint density at radius 3 is 2.86 bits per heavy atom. The molecular weight excluding hydrogens is 398 g/mol. The first-order valence-corrected chi connectivity index (χ1v) is 10.3. The number of aromatic nitrogens is 5. The molecule has 1 aromatic carbocycles. The number of ether oxygens (including phenoxy) is 1. The van der Waals surface area contributed by atoms with Gasteiger partial charge in [-0.25, -0.2) is 9.97 Å². The van der Waals surface area contributed by atoms with E-state index in [-0.39, 0.29) is 11.1 Å². The van der Waals surface area contributed by atoms with Gasteiger partial charge in [0, 0.05) is 18.9 Å². The van der Waals surface area contributed by atoms with Crippen molar-refractivity contribution in [2.45, 2.75) is 24.4 Å². The molecule has 0 radical (unpaired) electrons. The summed E-state index contributed by atoms with van der Waals surface area (Å²) in [6.45, 7) is 2.60. The molecule has 0 bridgehead atoms. The smallest absolute Gasteiger partial charge is 0.275 e. The lowest BCUT2D eigenvalue weighted by Gasteiger charge is -2.12. The second kappa shape index (κ2) is 7.82. The summed E-state index contributed by atoms with van der Waals surface area (Å²) in [5.74, 6) is 0.476. The van der Waals surface area contributed by atoms with Gasteiger partial charge in [-0.2, -0.15) is 9.61 Å². The molecule has 0 saturated heterocycles. The summed E-state index contributed by atoms with van der Waals surface area (Å²) in [4.78, 5) is 34.5. The lowest BCUT2D eigenvalue weighted by atomic mass is 10.2.